The molecule has 132 valence electrons. The Bertz CT molecular complexity index is 623. The first-order valence-electron chi connectivity index (χ1n) is 6.45. The Labute approximate surface area is 135 Å². The van der Waals surface area contributed by atoms with Crippen molar-refractivity contribution in [2.45, 2.75) is 13.8 Å². The molecule has 0 aliphatic rings. The third-order valence-electron chi connectivity index (χ3n) is 2.76. The lowest BCUT2D eigenvalue weighted by atomic mass is 10.2. The van der Waals surface area contributed by atoms with Gasteiger partial charge in [0.15, 0.2) is 5.96 Å². The minimum Gasteiger partial charge on any atom is -0.497 e. The second kappa shape index (κ2) is 8.82. The van der Waals surface area contributed by atoms with E-state index >= 15 is 0 Å². The Hall–Kier alpha value is -3.51. The van der Waals surface area contributed by atoms with E-state index in [2.05, 4.69) is 0 Å². The van der Waals surface area contributed by atoms with E-state index in [0.29, 0.717) is 12.1 Å². The molecule has 0 spiro atoms. The fraction of sp³-hybridized carbons (Fsp3) is 0.364. The molecule has 1 rings (SSSR count). The number of phenols is 1. The number of nitrogens with zero attached hydrogens (tertiary/aromatic N) is 4. The maximum atomic E-state index is 10.4. The minimum atomic E-state index is -1.21. The Morgan fingerprint density at radius 3 is 1.62 bits per heavy atom. The third kappa shape index (κ3) is 5.36. The van der Waals surface area contributed by atoms with Crippen molar-refractivity contribution in [1.82, 2.24) is 4.90 Å². The summed E-state index contributed by atoms with van der Waals surface area (Å²) in [5.74, 6) is -1.05. The van der Waals surface area contributed by atoms with Crippen molar-refractivity contribution in [3.8, 4) is 5.75 Å². The fourth-order valence-electron chi connectivity index (χ4n) is 1.54. The van der Waals surface area contributed by atoms with Crippen molar-refractivity contribution in [3.63, 3.8) is 0 Å². The van der Waals surface area contributed by atoms with E-state index in [1.807, 2.05) is 13.8 Å². The van der Waals surface area contributed by atoms with Crippen molar-refractivity contribution < 1.29 is 19.9 Å². The highest BCUT2D eigenvalue weighted by molar-refractivity contribution is 5.74. The van der Waals surface area contributed by atoms with Gasteiger partial charge in [0.25, 0.3) is 11.4 Å². The van der Waals surface area contributed by atoms with Crippen LogP contribution in [0.3, 0.4) is 0 Å². The molecule has 1 aromatic carbocycles. The number of guanidine groups is 1. The molecule has 0 atom stereocenters. The Morgan fingerprint density at radius 1 is 1.08 bits per heavy atom. The number of non-ortho nitro benzene ring substituents is 1. The molecular formula is C11H16N6O7. The van der Waals surface area contributed by atoms with Crippen LogP contribution in [-0.4, -0.2) is 43.8 Å². The molecule has 13 heteroatoms. The molecule has 0 bridgehead atoms. The summed E-state index contributed by atoms with van der Waals surface area (Å²) < 4.78 is 0. The van der Waals surface area contributed by atoms with Crippen LogP contribution in [0.4, 0.5) is 17.1 Å². The van der Waals surface area contributed by atoms with Crippen LogP contribution in [0, 0.1) is 35.8 Å². The average molecular weight is 344 g/mol. The number of benzene rings is 1. The van der Waals surface area contributed by atoms with Crippen molar-refractivity contribution in [2.24, 2.45) is 5.73 Å². The monoisotopic (exact) mass is 344 g/mol. The summed E-state index contributed by atoms with van der Waals surface area (Å²) in [6.07, 6.45) is 0. The van der Waals surface area contributed by atoms with Crippen molar-refractivity contribution in [1.29, 1.82) is 5.41 Å². The van der Waals surface area contributed by atoms with Crippen molar-refractivity contribution >= 4 is 23.0 Å². The topological polar surface area (TPSA) is 203 Å². The molecule has 0 amide bonds. The van der Waals surface area contributed by atoms with Gasteiger partial charge in [-0.25, -0.2) is 0 Å². The number of nitro benzene ring substituents is 3. The van der Waals surface area contributed by atoms with Crippen LogP contribution in [0.5, 0.6) is 5.75 Å². The summed E-state index contributed by atoms with van der Waals surface area (Å²) in [4.78, 5) is 29.5. The molecule has 0 saturated heterocycles. The molecule has 0 unspecified atom stereocenters. The summed E-state index contributed by atoms with van der Waals surface area (Å²) in [5.41, 5.74) is 2.17. The number of nitro groups is 3. The van der Waals surface area contributed by atoms with E-state index < -0.39 is 37.6 Å². The largest absolute Gasteiger partial charge is 0.497 e. The van der Waals surface area contributed by atoms with Crippen LogP contribution >= 0.6 is 0 Å². The summed E-state index contributed by atoms with van der Waals surface area (Å²) in [5, 5.41) is 47.2. The zero-order valence-corrected chi connectivity index (χ0v) is 12.8. The van der Waals surface area contributed by atoms with E-state index in [1.54, 1.807) is 4.90 Å². The smallest absolute Gasteiger partial charge is 0.324 e. The number of aromatic hydroxyl groups is 1. The molecule has 0 saturated carbocycles. The number of hydrogen-bond donors (Lipinski definition) is 3. The summed E-state index contributed by atoms with van der Waals surface area (Å²) in [7, 11) is 0. The standard InChI is InChI=1S/C6H3N3O7.C5H13N3/c10-6-4(8(13)14)1-3(7(11)12)2-5(6)9(15)16;1-3-8(4-2)5(6)7/h1-2,10H;3-4H2,1-2H3,(H3,6,7). The van der Waals surface area contributed by atoms with Gasteiger partial charge in [0.05, 0.1) is 26.9 Å². The molecule has 24 heavy (non-hydrogen) atoms. The van der Waals surface area contributed by atoms with E-state index in [0.717, 1.165) is 13.1 Å². The van der Waals surface area contributed by atoms with Crippen molar-refractivity contribution in [2.75, 3.05) is 13.1 Å². The summed E-state index contributed by atoms with van der Waals surface area (Å²) >= 11 is 0. The van der Waals surface area contributed by atoms with Gasteiger partial charge in [0, 0.05) is 13.1 Å². The van der Waals surface area contributed by atoms with Crippen LogP contribution in [-0.2, 0) is 0 Å². The Morgan fingerprint density at radius 2 is 1.46 bits per heavy atom. The average Bonchev–Trinajstić information content (AvgIpc) is 2.48. The van der Waals surface area contributed by atoms with Gasteiger partial charge in [0.1, 0.15) is 0 Å². The fourth-order valence-corrected chi connectivity index (χ4v) is 1.54. The molecule has 0 aliphatic heterocycles. The number of nitrogens with one attached hydrogen (secondary N) is 1. The summed E-state index contributed by atoms with van der Waals surface area (Å²) in [6, 6.07) is 0.894. The highest BCUT2D eigenvalue weighted by Crippen LogP contribution is 2.38. The lowest BCUT2D eigenvalue weighted by Crippen LogP contribution is -2.35. The lowest BCUT2D eigenvalue weighted by molar-refractivity contribution is -0.404. The molecule has 13 nitrogen and oxygen atoms in total. The lowest BCUT2D eigenvalue weighted by Gasteiger charge is -2.16. The van der Waals surface area contributed by atoms with Crippen LogP contribution in [0.2, 0.25) is 0 Å². The predicted octanol–water partition coefficient (Wildman–Crippen LogP) is 1.34. The molecule has 0 heterocycles. The van der Waals surface area contributed by atoms with Gasteiger partial charge in [-0.15, -0.1) is 0 Å². The normalized spacial score (nSPS) is 9.42. The molecule has 0 aliphatic carbocycles. The van der Waals surface area contributed by atoms with Gasteiger partial charge < -0.3 is 15.7 Å². The maximum Gasteiger partial charge on any atom is 0.324 e. The number of rotatable bonds is 5. The predicted molar refractivity (Wildman–Crippen MR) is 82.9 cm³/mol. The molecule has 0 fully saturated rings. The van der Waals surface area contributed by atoms with Crippen LogP contribution in [0.1, 0.15) is 13.8 Å². The van der Waals surface area contributed by atoms with Gasteiger partial charge >= 0.3 is 11.4 Å². The van der Waals surface area contributed by atoms with Crippen LogP contribution in [0.25, 0.3) is 0 Å². The quantitative estimate of drug-likeness (QED) is 0.304. The highest BCUT2D eigenvalue weighted by Gasteiger charge is 2.30. The molecule has 4 N–H and O–H groups in total. The number of nitrogens with two attached hydrogens (primary N) is 1. The molecular weight excluding hydrogens is 328 g/mol. The van der Waals surface area contributed by atoms with Crippen LogP contribution < -0.4 is 5.73 Å². The minimum absolute atomic E-state index is 0.162. The van der Waals surface area contributed by atoms with Gasteiger partial charge in [-0.3, -0.25) is 35.8 Å². The first-order chi connectivity index (χ1) is 11.1. The molecule has 0 radical (unpaired) electrons. The number of hydrogen-bond acceptors (Lipinski definition) is 8. The number of phenolic OH excluding ortho intramolecular Hbond substituents is 1. The molecule has 0 aromatic heterocycles. The maximum absolute atomic E-state index is 10.4. The van der Waals surface area contributed by atoms with Gasteiger partial charge in [-0.2, -0.15) is 0 Å². The second-order valence-electron chi connectivity index (χ2n) is 4.16. The zero-order chi connectivity index (χ0) is 19.0. The van der Waals surface area contributed by atoms with Gasteiger partial charge in [-0.05, 0) is 13.8 Å². The van der Waals surface area contributed by atoms with E-state index in [4.69, 9.17) is 16.2 Å². The highest BCUT2D eigenvalue weighted by atomic mass is 16.6. The first-order valence-corrected chi connectivity index (χ1v) is 6.45. The van der Waals surface area contributed by atoms with Crippen LogP contribution in [0.15, 0.2) is 12.1 Å². The van der Waals surface area contributed by atoms with Gasteiger partial charge in [-0.1, -0.05) is 0 Å². The van der Waals surface area contributed by atoms with E-state index in [-0.39, 0.29) is 5.96 Å². The Balaban J connectivity index is 0.000000561. The zero-order valence-electron chi connectivity index (χ0n) is 12.8. The SMILES string of the molecule is CCN(CC)C(=N)N.O=[N+]([O-])c1cc([N+](=O)[O-])c(O)c([N+](=O)[O-])c1. The molecule has 1 aromatic rings. The third-order valence-corrected chi connectivity index (χ3v) is 2.76. The first kappa shape index (κ1) is 20.5. The van der Waals surface area contributed by atoms with Crippen molar-refractivity contribution in [3.05, 3.63) is 42.5 Å². The van der Waals surface area contributed by atoms with Gasteiger partial charge in [0.2, 0.25) is 0 Å². The van der Waals surface area contributed by atoms with E-state index in [1.165, 1.54) is 0 Å². The second-order valence-corrected chi connectivity index (χ2v) is 4.16. The summed E-state index contributed by atoms with van der Waals surface area (Å²) in [6.45, 7) is 5.60. The Kier molecular flexibility index (Phi) is 7.53. The van der Waals surface area contributed by atoms with E-state index in [9.17, 15) is 30.3 Å².